The Morgan fingerprint density at radius 3 is 2.91 bits per heavy atom. The molecule has 0 aliphatic carbocycles. The standard InChI is InChI=1S/C8H14ClNO/c1-6(8(9)11)7-3-2-4-10-5-7/h6-7,10H,2-5H2,1H3. The number of rotatable bonds is 2. The second-order valence-electron chi connectivity index (χ2n) is 3.20. The fourth-order valence-electron chi connectivity index (χ4n) is 1.49. The Bertz CT molecular complexity index is 143. The molecule has 64 valence electrons. The lowest BCUT2D eigenvalue weighted by atomic mass is 9.88. The van der Waals surface area contributed by atoms with Crippen molar-refractivity contribution in [1.82, 2.24) is 5.32 Å². The van der Waals surface area contributed by atoms with Crippen molar-refractivity contribution in [3.05, 3.63) is 0 Å². The van der Waals surface area contributed by atoms with Crippen LogP contribution in [0.5, 0.6) is 0 Å². The molecule has 2 atom stereocenters. The zero-order chi connectivity index (χ0) is 8.27. The van der Waals surface area contributed by atoms with Gasteiger partial charge >= 0.3 is 0 Å². The minimum absolute atomic E-state index is 0.0180. The Hall–Kier alpha value is -0.0800. The van der Waals surface area contributed by atoms with Crippen LogP contribution in [-0.4, -0.2) is 18.3 Å². The molecule has 1 rings (SSSR count). The molecule has 2 nitrogen and oxygen atoms in total. The number of hydrogen-bond acceptors (Lipinski definition) is 2. The monoisotopic (exact) mass is 175 g/mol. The molecule has 0 bridgehead atoms. The van der Waals surface area contributed by atoms with E-state index in [0.29, 0.717) is 5.92 Å². The lowest BCUT2D eigenvalue weighted by molar-refractivity contribution is -0.116. The number of carbonyl (C=O) groups is 1. The molecular formula is C8H14ClNO. The molecule has 1 aliphatic rings. The van der Waals surface area contributed by atoms with Crippen LogP contribution < -0.4 is 5.32 Å². The van der Waals surface area contributed by atoms with Crippen LogP contribution in [0.4, 0.5) is 0 Å². The van der Waals surface area contributed by atoms with E-state index in [1.165, 1.54) is 6.42 Å². The summed E-state index contributed by atoms with van der Waals surface area (Å²) in [6.45, 7) is 3.94. The maximum absolute atomic E-state index is 10.8. The van der Waals surface area contributed by atoms with Crippen molar-refractivity contribution in [3.8, 4) is 0 Å². The minimum atomic E-state index is -0.196. The van der Waals surface area contributed by atoms with Gasteiger partial charge in [0.05, 0.1) is 0 Å². The van der Waals surface area contributed by atoms with Gasteiger partial charge in [0, 0.05) is 5.92 Å². The highest BCUT2D eigenvalue weighted by Crippen LogP contribution is 2.21. The fourth-order valence-corrected chi connectivity index (χ4v) is 1.67. The van der Waals surface area contributed by atoms with Crippen LogP contribution in [0.1, 0.15) is 19.8 Å². The van der Waals surface area contributed by atoms with Gasteiger partial charge in [0.2, 0.25) is 5.24 Å². The molecule has 0 aromatic heterocycles. The molecule has 1 heterocycles. The molecule has 1 fully saturated rings. The third-order valence-corrected chi connectivity index (χ3v) is 2.74. The number of nitrogens with one attached hydrogen (secondary N) is 1. The van der Waals surface area contributed by atoms with Crippen LogP contribution in [0.3, 0.4) is 0 Å². The average molecular weight is 176 g/mol. The summed E-state index contributed by atoms with van der Waals surface area (Å²) in [7, 11) is 0. The number of carbonyl (C=O) groups excluding carboxylic acids is 1. The molecule has 1 saturated heterocycles. The summed E-state index contributed by atoms with van der Waals surface area (Å²) in [6.07, 6.45) is 2.30. The molecule has 0 aromatic rings. The zero-order valence-corrected chi connectivity index (χ0v) is 7.53. The highest BCUT2D eigenvalue weighted by molar-refractivity contribution is 6.63. The second-order valence-corrected chi connectivity index (χ2v) is 3.57. The molecule has 0 aromatic carbocycles. The first kappa shape index (κ1) is 9.01. The molecule has 0 amide bonds. The van der Waals surface area contributed by atoms with Crippen molar-refractivity contribution in [3.63, 3.8) is 0 Å². The molecule has 0 radical (unpaired) electrons. The van der Waals surface area contributed by atoms with E-state index in [1.807, 2.05) is 6.92 Å². The molecule has 1 N–H and O–H groups in total. The largest absolute Gasteiger partial charge is 0.316 e. The summed E-state index contributed by atoms with van der Waals surface area (Å²) in [5, 5.41) is 3.06. The summed E-state index contributed by atoms with van der Waals surface area (Å²) in [6, 6.07) is 0. The average Bonchev–Trinajstić information content (AvgIpc) is 2.05. The van der Waals surface area contributed by atoms with Gasteiger partial charge < -0.3 is 5.32 Å². The van der Waals surface area contributed by atoms with Gasteiger partial charge in [-0.25, -0.2) is 0 Å². The van der Waals surface area contributed by atoms with E-state index in [4.69, 9.17) is 11.6 Å². The summed E-state index contributed by atoms with van der Waals surface area (Å²) < 4.78 is 0. The van der Waals surface area contributed by atoms with Gasteiger partial charge in [0.25, 0.3) is 0 Å². The Morgan fingerprint density at radius 1 is 1.73 bits per heavy atom. The lowest BCUT2D eigenvalue weighted by Crippen LogP contribution is -2.34. The third kappa shape index (κ3) is 2.46. The van der Waals surface area contributed by atoms with E-state index in [0.717, 1.165) is 19.5 Å². The quantitative estimate of drug-likeness (QED) is 0.643. The van der Waals surface area contributed by atoms with Crippen LogP contribution in [0, 0.1) is 11.8 Å². The van der Waals surface area contributed by atoms with Gasteiger partial charge in [0.1, 0.15) is 0 Å². The maximum Gasteiger partial charge on any atom is 0.224 e. The topological polar surface area (TPSA) is 29.1 Å². The molecule has 0 saturated carbocycles. The van der Waals surface area contributed by atoms with Gasteiger partial charge in [-0.2, -0.15) is 0 Å². The van der Waals surface area contributed by atoms with E-state index >= 15 is 0 Å². The van der Waals surface area contributed by atoms with E-state index in [2.05, 4.69) is 5.32 Å². The molecule has 1 aliphatic heterocycles. The van der Waals surface area contributed by atoms with Crippen LogP contribution >= 0.6 is 11.6 Å². The summed E-state index contributed by atoms with van der Waals surface area (Å²) in [4.78, 5) is 10.8. The molecule has 3 heteroatoms. The molecule has 2 unspecified atom stereocenters. The normalized spacial score (nSPS) is 28.0. The SMILES string of the molecule is CC(C(=O)Cl)C1CCCNC1. The van der Waals surface area contributed by atoms with E-state index in [9.17, 15) is 4.79 Å². The van der Waals surface area contributed by atoms with Crippen molar-refractivity contribution < 1.29 is 4.79 Å². The van der Waals surface area contributed by atoms with Gasteiger partial charge in [-0.15, -0.1) is 0 Å². The predicted octanol–water partition coefficient (Wildman–Crippen LogP) is 1.39. The number of piperidine rings is 1. The Labute approximate surface area is 72.3 Å². The van der Waals surface area contributed by atoms with Crippen LogP contribution in [-0.2, 0) is 4.79 Å². The second kappa shape index (κ2) is 4.07. The highest BCUT2D eigenvalue weighted by atomic mass is 35.5. The Morgan fingerprint density at radius 2 is 2.45 bits per heavy atom. The van der Waals surface area contributed by atoms with Crippen molar-refractivity contribution in [2.75, 3.05) is 13.1 Å². The van der Waals surface area contributed by atoms with E-state index in [1.54, 1.807) is 0 Å². The van der Waals surface area contributed by atoms with Gasteiger partial charge in [-0.05, 0) is 43.5 Å². The van der Waals surface area contributed by atoms with Crippen molar-refractivity contribution in [1.29, 1.82) is 0 Å². The van der Waals surface area contributed by atoms with Crippen molar-refractivity contribution in [2.24, 2.45) is 11.8 Å². The smallest absolute Gasteiger partial charge is 0.224 e. The van der Waals surface area contributed by atoms with Crippen molar-refractivity contribution in [2.45, 2.75) is 19.8 Å². The maximum atomic E-state index is 10.8. The Balaban J connectivity index is 2.38. The number of hydrogen-bond donors (Lipinski definition) is 1. The number of halogens is 1. The molecule has 11 heavy (non-hydrogen) atoms. The highest BCUT2D eigenvalue weighted by Gasteiger charge is 2.23. The van der Waals surface area contributed by atoms with E-state index < -0.39 is 0 Å². The first-order valence-corrected chi connectivity index (χ1v) is 4.49. The third-order valence-electron chi connectivity index (χ3n) is 2.40. The van der Waals surface area contributed by atoms with Gasteiger partial charge in [-0.1, -0.05) is 6.92 Å². The van der Waals surface area contributed by atoms with Gasteiger partial charge in [0.15, 0.2) is 0 Å². The summed E-state index contributed by atoms with van der Waals surface area (Å²) in [5.41, 5.74) is 0. The first-order valence-electron chi connectivity index (χ1n) is 4.12. The Kier molecular flexibility index (Phi) is 3.34. The van der Waals surface area contributed by atoms with Crippen LogP contribution in [0.15, 0.2) is 0 Å². The zero-order valence-electron chi connectivity index (χ0n) is 6.77. The fraction of sp³-hybridized carbons (Fsp3) is 0.875. The van der Waals surface area contributed by atoms with Crippen LogP contribution in [0.2, 0.25) is 0 Å². The molecular weight excluding hydrogens is 162 g/mol. The predicted molar refractivity (Wildman–Crippen MR) is 45.6 cm³/mol. The summed E-state index contributed by atoms with van der Waals surface area (Å²) in [5.74, 6) is 0.471. The van der Waals surface area contributed by atoms with Gasteiger partial charge in [-0.3, -0.25) is 4.79 Å². The van der Waals surface area contributed by atoms with E-state index in [-0.39, 0.29) is 11.2 Å². The van der Waals surface area contributed by atoms with Crippen molar-refractivity contribution >= 4 is 16.8 Å². The minimum Gasteiger partial charge on any atom is -0.316 e. The summed E-state index contributed by atoms with van der Waals surface area (Å²) >= 11 is 5.39. The van der Waals surface area contributed by atoms with Crippen LogP contribution in [0.25, 0.3) is 0 Å². The first-order chi connectivity index (χ1) is 5.22. The lowest BCUT2D eigenvalue weighted by Gasteiger charge is -2.25. The molecule has 0 spiro atoms.